The van der Waals surface area contributed by atoms with Crippen LogP contribution in [0.3, 0.4) is 0 Å². The van der Waals surface area contributed by atoms with Crippen LogP contribution in [0.15, 0.2) is 47.3 Å². The second-order valence-electron chi connectivity index (χ2n) is 4.04. The zero-order chi connectivity index (χ0) is 13.1. The number of ether oxygens (including phenoxy) is 1. The predicted molar refractivity (Wildman–Crippen MR) is 72.1 cm³/mol. The molecule has 0 aliphatic rings. The van der Waals surface area contributed by atoms with Crippen LogP contribution >= 0.6 is 0 Å². The van der Waals surface area contributed by atoms with Gasteiger partial charge in [-0.25, -0.2) is 9.97 Å². The van der Waals surface area contributed by atoms with Crippen molar-refractivity contribution in [3.63, 3.8) is 0 Å². The summed E-state index contributed by atoms with van der Waals surface area (Å²) >= 11 is 0. The molecule has 0 bridgehead atoms. The number of benzene rings is 1. The molecule has 19 heavy (non-hydrogen) atoms. The summed E-state index contributed by atoms with van der Waals surface area (Å²) in [6, 6.07) is 9.50. The zero-order valence-electron chi connectivity index (χ0n) is 10.5. The van der Waals surface area contributed by atoms with Crippen molar-refractivity contribution in [2.24, 2.45) is 0 Å². The van der Waals surface area contributed by atoms with Crippen LogP contribution in [0.25, 0.3) is 10.9 Å². The van der Waals surface area contributed by atoms with E-state index in [2.05, 4.69) is 15.3 Å². The molecule has 5 heteroatoms. The number of methoxy groups -OCH3 is 1. The second-order valence-corrected chi connectivity index (χ2v) is 4.04. The lowest BCUT2D eigenvalue weighted by Crippen LogP contribution is -2.01. The van der Waals surface area contributed by atoms with E-state index >= 15 is 0 Å². The quantitative estimate of drug-likeness (QED) is 0.776. The number of aromatic nitrogens is 2. The Bertz CT molecular complexity index is 680. The van der Waals surface area contributed by atoms with Crippen molar-refractivity contribution in [3.05, 3.63) is 48.7 Å². The molecule has 0 radical (unpaired) electrons. The minimum atomic E-state index is 0.588. The summed E-state index contributed by atoms with van der Waals surface area (Å²) in [7, 11) is 1.64. The minimum absolute atomic E-state index is 0.588. The summed E-state index contributed by atoms with van der Waals surface area (Å²) in [5.41, 5.74) is 0.844. The molecule has 0 aliphatic carbocycles. The molecule has 1 N–H and O–H groups in total. The molecular weight excluding hydrogens is 242 g/mol. The van der Waals surface area contributed by atoms with Gasteiger partial charge in [0, 0.05) is 11.5 Å². The van der Waals surface area contributed by atoms with Gasteiger partial charge in [0.25, 0.3) is 0 Å². The van der Waals surface area contributed by atoms with E-state index in [9.17, 15) is 0 Å². The van der Waals surface area contributed by atoms with Crippen molar-refractivity contribution in [3.8, 4) is 5.75 Å². The fourth-order valence-corrected chi connectivity index (χ4v) is 1.89. The fraction of sp³-hybridized carbons (Fsp3) is 0.143. The molecule has 3 aromatic rings. The first-order valence-electron chi connectivity index (χ1n) is 5.92. The fourth-order valence-electron chi connectivity index (χ4n) is 1.89. The van der Waals surface area contributed by atoms with Crippen molar-refractivity contribution >= 4 is 16.7 Å². The highest BCUT2D eigenvalue weighted by Gasteiger charge is 2.05. The Hall–Kier alpha value is -2.56. The third kappa shape index (κ3) is 2.35. The van der Waals surface area contributed by atoms with Gasteiger partial charge in [0.2, 0.25) is 0 Å². The van der Waals surface area contributed by atoms with Crippen LogP contribution in [0.4, 0.5) is 5.82 Å². The average Bonchev–Trinajstić information content (AvgIpc) is 2.97. The van der Waals surface area contributed by atoms with E-state index in [1.165, 1.54) is 6.33 Å². The van der Waals surface area contributed by atoms with E-state index < -0.39 is 0 Å². The molecule has 2 aromatic heterocycles. The Morgan fingerprint density at radius 1 is 1.26 bits per heavy atom. The molecule has 0 amide bonds. The van der Waals surface area contributed by atoms with Gasteiger partial charge in [0.1, 0.15) is 23.7 Å². The first kappa shape index (κ1) is 11.5. The predicted octanol–water partition coefficient (Wildman–Crippen LogP) is 2.84. The van der Waals surface area contributed by atoms with Crippen molar-refractivity contribution in [1.29, 1.82) is 0 Å². The molecule has 0 saturated carbocycles. The Balaban J connectivity index is 1.90. The largest absolute Gasteiger partial charge is 0.497 e. The van der Waals surface area contributed by atoms with Gasteiger partial charge < -0.3 is 14.5 Å². The molecule has 0 atom stereocenters. The number of rotatable bonds is 4. The Labute approximate surface area is 110 Å². The van der Waals surface area contributed by atoms with Gasteiger partial charge in [-0.3, -0.25) is 0 Å². The van der Waals surface area contributed by atoms with Crippen molar-refractivity contribution in [2.45, 2.75) is 6.54 Å². The summed E-state index contributed by atoms with van der Waals surface area (Å²) in [6.07, 6.45) is 3.19. The van der Waals surface area contributed by atoms with Crippen molar-refractivity contribution in [1.82, 2.24) is 9.97 Å². The Kier molecular flexibility index (Phi) is 3.02. The number of furan rings is 1. The van der Waals surface area contributed by atoms with E-state index in [4.69, 9.17) is 9.15 Å². The van der Waals surface area contributed by atoms with E-state index in [0.29, 0.717) is 6.54 Å². The number of anilines is 1. The molecule has 0 aliphatic heterocycles. The Morgan fingerprint density at radius 3 is 3.00 bits per heavy atom. The highest BCUT2D eigenvalue weighted by Crippen LogP contribution is 2.23. The summed E-state index contributed by atoms with van der Waals surface area (Å²) in [5, 5.41) is 4.20. The van der Waals surface area contributed by atoms with Gasteiger partial charge in [-0.05, 0) is 24.3 Å². The second kappa shape index (κ2) is 4.97. The third-order valence-electron chi connectivity index (χ3n) is 2.85. The molecule has 0 fully saturated rings. The normalized spacial score (nSPS) is 10.6. The van der Waals surface area contributed by atoms with Gasteiger partial charge in [-0.1, -0.05) is 0 Å². The monoisotopic (exact) mass is 255 g/mol. The summed E-state index contributed by atoms with van der Waals surface area (Å²) < 4.78 is 10.5. The molecule has 0 unspecified atom stereocenters. The summed E-state index contributed by atoms with van der Waals surface area (Å²) in [6.45, 7) is 0.588. The molecule has 1 aromatic carbocycles. The maximum absolute atomic E-state index is 5.28. The molecule has 5 nitrogen and oxygen atoms in total. The molecule has 0 spiro atoms. The number of nitrogens with one attached hydrogen (secondary N) is 1. The van der Waals surface area contributed by atoms with Gasteiger partial charge in [0.15, 0.2) is 0 Å². The summed E-state index contributed by atoms with van der Waals surface area (Å²) in [4.78, 5) is 8.50. The van der Waals surface area contributed by atoms with Crippen LogP contribution in [0.5, 0.6) is 5.75 Å². The topological polar surface area (TPSA) is 60.2 Å². The zero-order valence-corrected chi connectivity index (χ0v) is 10.5. The lowest BCUT2D eigenvalue weighted by molar-refractivity contribution is 0.415. The van der Waals surface area contributed by atoms with Crippen molar-refractivity contribution < 1.29 is 9.15 Å². The molecule has 0 saturated heterocycles. The van der Waals surface area contributed by atoms with Crippen LogP contribution in [-0.4, -0.2) is 17.1 Å². The summed E-state index contributed by atoms with van der Waals surface area (Å²) in [5.74, 6) is 2.42. The van der Waals surface area contributed by atoms with E-state index in [-0.39, 0.29) is 0 Å². The van der Waals surface area contributed by atoms with Crippen LogP contribution in [0, 0.1) is 0 Å². The SMILES string of the molecule is COc1ccc2c(NCc3ccco3)ncnc2c1. The molecule has 2 heterocycles. The van der Waals surface area contributed by atoms with Gasteiger partial charge >= 0.3 is 0 Å². The van der Waals surface area contributed by atoms with E-state index in [1.54, 1.807) is 13.4 Å². The third-order valence-corrected chi connectivity index (χ3v) is 2.85. The van der Waals surface area contributed by atoms with Crippen LogP contribution < -0.4 is 10.1 Å². The first-order chi connectivity index (χ1) is 9.36. The minimum Gasteiger partial charge on any atom is -0.497 e. The number of fused-ring (bicyclic) bond motifs is 1. The van der Waals surface area contributed by atoms with E-state index in [0.717, 1.165) is 28.2 Å². The maximum atomic E-state index is 5.28. The van der Waals surface area contributed by atoms with E-state index in [1.807, 2.05) is 30.3 Å². The smallest absolute Gasteiger partial charge is 0.137 e. The average molecular weight is 255 g/mol. The first-order valence-corrected chi connectivity index (χ1v) is 5.92. The number of hydrogen-bond donors (Lipinski definition) is 1. The van der Waals surface area contributed by atoms with Crippen LogP contribution in [-0.2, 0) is 6.54 Å². The van der Waals surface area contributed by atoms with Crippen LogP contribution in [0.1, 0.15) is 5.76 Å². The molecular formula is C14H13N3O2. The van der Waals surface area contributed by atoms with Gasteiger partial charge in [0.05, 0.1) is 25.4 Å². The van der Waals surface area contributed by atoms with Gasteiger partial charge in [-0.2, -0.15) is 0 Å². The number of hydrogen-bond acceptors (Lipinski definition) is 5. The Morgan fingerprint density at radius 2 is 2.21 bits per heavy atom. The van der Waals surface area contributed by atoms with Crippen molar-refractivity contribution in [2.75, 3.05) is 12.4 Å². The van der Waals surface area contributed by atoms with Gasteiger partial charge in [-0.15, -0.1) is 0 Å². The highest BCUT2D eigenvalue weighted by atomic mass is 16.5. The highest BCUT2D eigenvalue weighted by molar-refractivity contribution is 5.89. The van der Waals surface area contributed by atoms with Crippen LogP contribution in [0.2, 0.25) is 0 Å². The standard InChI is InChI=1S/C14H13N3O2/c1-18-10-4-5-12-13(7-10)16-9-17-14(12)15-8-11-3-2-6-19-11/h2-7,9H,8H2,1H3,(H,15,16,17). The molecule has 96 valence electrons. The lowest BCUT2D eigenvalue weighted by atomic mass is 10.2. The molecule has 3 rings (SSSR count). The number of nitrogens with zero attached hydrogens (tertiary/aromatic N) is 2. The maximum Gasteiger partial charge on any atom is 0.137 e. The lowest BCUT2D eigenvalue weighted by Gasteiger charge is -2.07.